The van der Waals surface area contributed by atoms with E-state index in [1.807, 2.05) is 20.8 Å². The van der Waals surface area contributed by atoms with E-state index in [1.54, 1.807) is 24.3 Å². The lowest BCUT2D eigenvalue weighted by Gasteiger charge is -2.20. The zero-order valence-corrected chi connectivity index (χ0v) is 13.7. The molecule has 2 amide bonds. The molecule has 0 atom stereocenters. The summed E-state index contributed by atoms with van der Waals surface area (Å²) in [6, 6.07) is 5.14. The van der Waals surface area contributed by atoms with Crippen LogP contribution in [0.25, 0.3) is 6.08 Å². The van der Waals surface area contributed by atoms with Gasteiger partial charge in [0.2, 0.25) is 11.8 Å². The molecule has 1 rings (SSSR count). The highest BCUT2D eigenvalue weighted by atomic mass is 35.5. The summed E-state index contributed by atoms with van der Waals surface area (Å²) >= 11 is 11.9. The Labute approximate surface area is 134 Å². The van der Waals surface area contributed by atoms with E-state index in [1.165, 1.54) is 6.08 Å². The average molecular weight is 329 g/mol. The number of hydrogen-bond donors (Lipinski definition) is 2. The van der Waals surface area contributed by atoms with E-state index in [0.717, 1.165) is 0 Å². The predicted molar refractivity (Wildman–Crippen MR) is 86.4 cm³/mol. The summed E-state index contributed by atoms with van der Waals surface area (Å²) in [6.45, 7) is 5.53. The first-order chi connectivity index (χ1) is 9.69. The molecular weight excluding hydrogens is 311 g/mol. The van der Waals surface area contributed by atoms with Crippen LogP contribution < -0.4 is 10.6 Å². The largest absolute Gasteiger partial charge is 0.350 e. The molecule has 1 aromatic carbocycles. The van der Waals surface area contributed by atoms with E-state index in [9.17, 15) is 9.59 Å². The minimum atomic E-state index is -0.380. The Morgan fingerprint density at radius 3 is 2.52 bits per heavy atom. The molecule has 0 aliphatic rings. The van der Waals surface area contributed by atoms with Crippen LogP contribution in [0.15, 0.2) is 24.3 Å². The first-order valence-corrected chi connectivity index (χ1v) is 7.15. The van der Waals surface area contributed by atoms with Crippen LogP contribution in [0, 0.1) is 0 Å². The number of amides is 2. The highest BCUT2D eigenvalue weighted by Crippen LogP contribution is 2.26. The molecule has 21 heavy (non-hydrogen) atoms. The number of benzene rings is 1. The molecular formula is C15H18Cl2N2O2. The maximum atomic E-state index is 11.6. The smallest absolute Gasteiger partial charge is 0.244 e. The minimum Gasteiger partial charge on any atom is -0.350 e. The van der Waals surface area contributed by atoms with Crippen LogP contribution in [0.1, 0.15) is 26.3 Å². The van der Waals surface area contributed by atoms with Crippen molar-refractivity contribution in [2.45, 2.75) is 26.3 Å². The topological polar surface area (TPSA) is 58.2 Å². The molecule has 0 spiro atoms. The van der Waals surface area contributed by atoms with Gasteiger partial charge in [0.25, 0.3) is 0 Å². The van der Waals surface area contributed by atoms with Crippen LogP contribution in [0.4, 0.5) is 0 Å². The zero-order chi connectivity index (χ0) is 16.0. The summed E-state index contributed by atoms with van der Waals surface area (Å²) in [6.07, 6.45) is 2.85. The van der Waals surface area contributed by atoms with Gasteiger partial charge in [0.1, 0.15) is 0 Å². The van der Waals surface area contributed by atoms with Gasteiger partial charge < -0.3 is 10.6 Å². The minimum absolute atomic E-state index is 0.0796. The number of carbonyl (C=O) groups is 2. The molecule has 0 saturated carbocycles. The summed E-state index contributed by atoms with van der Waals surface area (Å²) in [7, 11) is 0. The van der Waals surface area contributed by atoms with Gasteiger partial charge >= 0.3 is 0 Å². The third kappa shape index (κ3) is 6.65. The first-order valence-electron chi connectivity index (χ1n) is 6.40. The van der Waals surface area contributed by atoms with Crippen molar-refractivity contribution in [2.75, 3.05) is 6.54 Å². The van der Waals surface area contributed by atoms with Gasteiger partial charge in [0.05, 0.1) is 16.6 Å². The maximum Gasteiger partial charge on any atom is 0.244 e. The quantitative estimate of drug-likeness (QED) is 0.834. The molecule has 0 fully saturated rings. The summed E-state index contributed by atoms with van der Waals surface area (Å²) < 4.78 is 0. The molecule has 0 unspecified atom stereocenters. The van der Waals surface area contributed by atoms with Gasteiger partial charge in [-0.25, -0.2) is 0 Å². The molecule has 0 bridgehead atoms. The Morgan fingerprint density at radius 2 is 1.90 bits per heavy atom. The van der Waals surface area contributed by atoms with E-state index in [4.69, 9.17) is 23.2 Å². The van der Waals surface area contributed by atoms with E-state index < -0.39 is 0 Å². The van der Waals surface area contributed by atoms with Gasteiger partial charge in [-0.05, 0) is 38.5 Å². The molecule has 6 heteroatoms. The second-order valence-corrected chi connectivity index (χ2v) is 6.28. The van der Waals surface area contributed by atoms with Gasteiger partial charge in [-0.1, -0.05) is 35.3 Å². The molecule has 0 saturated heterocycles. The van der Waals surface area contributed by atoms with Crippen molar-refractivity contribution in [2.24, 2.45) is 0 Å². The normalized spacial score (nSPS) is 11.5. The third-order valence-electron chi connectivity index (χ3n) is 2.33. The number of rotatable bonds is 4. The van der Waals surface area contributed by atoms with Crippen molar-refractivity contribution in [1.82, 2.24) is 10.6 Å². The lowest BCUT2D eigenvalue weighted by molar-refractivity contribution is -0.124. The van der Waals surface area contributed by atoms with Crippen LogP contribution >= 0.6 is 23.2 Å². The monoisotopic (exact) mass is 328 g/mol. The van der Waals surface area contributed by atoms with Crippen molar-refractivity contribution < 1.29 is 9.59 Å². The maximum absolute atomic E-state index is 11.6. The van der Waals surface area contributed by atoms with Crippen molar-refractivity contribution in [1.29, 1.82) is 0 Å². The number of nitrogens with one attached hydrogen (secondary N) is 2. The molecule has 0 radical (unpaired) electrons. The van der Waals surface area contributed by atoms with Gasteiger partial charge in [-0.3, -0.25) is 9.59 Å². The fraction of sp³-hybridized carbons (Fsp3) is 0.333. The van der Waals surface area contributed by atoms with Crippen LogP contribution in [-0.2, 0) is 9.59 Å². The summed E-state index contributed by atoms with van der Waals surface area (Å²) in [5.41, 5.74) is 0.310. The van der Waals surface area contributed by atoms with Crippen LogP contribution in [0.5, 0.6) is 0 Å². The number of hydrogen-bond acceptors (Lipinski definition) is 2. The Bertz CT molecular complexity index is 563. The van der Waals surface area contributed by atoms with Crippen molar-refractivity contribution >= 4 is 41.1 Å². The molecule has 0 heterocycles. The van der Waals surface area contributed by atoms with E-state index >= 15 is 0 Å². The van der Waals surface area contributed by atoms with E-state index in [0.29, 0.717) is 15.6 Å². The fourth-order valence-electron chi connectivity index (χ4n) is 1.50. The second-order valence-electron chi connectivity index (χ2n) is 5.49. The molecule has 1 aromatic rings. The second kappa shape index (κ2) is 7.48. The summed E-state index contributed by atoms with van der Waals surface area (Å²) in [5, 5.41) is 6.05. The lowest BCUT2D eigenvalue weighted by atomic mass is 10.1. The Morgan fingerprint density at radius 1 is 1.24 bits per heavy atom. The molecule has 2 N–H and O–H groups in total. The Kier molecular flexibility index (Phi) is 6.24. The molecule has 114 valence electrons. The summed E-state index contributed by atoms with van der Waals surface area (Å²) in [5.74, 6) is -0.625. The van der Waals surface area contributed by atoms with Gasteiger partial charge in [-0.2, -0.15) is 0 Å². The SMILES string of the molecule is CC(C)(C)NC(=O)CNC(=O)/C=C/c1cccc(Cl)c1Cl. The third-order valence-corrected chi connectivity index (χ3v) is 3.17. The fourth-order valence-corrected chi connectivity index (χ4v) is 1.87. The number of carbonyl (C=O) groups excluding carboxylic acids is 2. The molecule has 0 aliphatic carbocycles. The standard InChI is InChI=1S/C15H18Cl2N2O2/c1-15(2,3)19-13(21)9-18-12(20)8-7-10-5-4-6-11(16)14(10)17/h4-8H,9H2,1-3H3,(H,18,20)(H,19,21)/b8-7+. The first kappa shape index (κ1) is 17.5. The zero-order valence-electron chi connectivity index (χ0n) is 12.2. The van der Waals surface area contributed by atoms with Crippen LogP contribution in [-0.4, -0.2) is 23.9 Å². The number of halogens is 2. The molecule has 0 aromatic heterocycles. The predicted octanol–water partition coefficient (Wildman–Crippen LogP) is 3.04. The van der Waals surface area contributed by atoms with Crippen molar-refractivity contribution in [3.05, 3.63) is 39.9 Å². The highest BCUT2D eigenvalue weighted by molar-refractivity contribution is 6.42. The average Bonchev–Trinajstić information content (AvgIpc) is 2.36. The van der Waals surface area contributed by atoms with Crippen molar-refractivity contribution in [3.63, 3.8) is 0 Å². The Balaban J connectivity index is 2.52. The molecule has 0 aliphatic heterocycles. The highest BCUT2D eigenvalue weighted by Gasteiger charge is 2.13. The van der Waals surface area contributed by atoms with E-state index in [2.05, 4.69) is 10.6 Å². The Hall–Kier alpha value is -1.52. The van der Waals surface area contributed by atoms with Crippen LogP contribution in [0.2, 0.25) is 10.0 Å². The van der Waals surface area contributed by atoms with Crippen molar-refractivity contribution in [3.8, 4) is 0 Å². The van der Waals surface area contributed by atoms with Crippen LogP contribution in [0.3, 0.4) is 0 Å². The van der Waals surface area contributed by atoms with Gasteiger partial charge in [0.15, 0.2) is 0 Å². The molecule has 4 nitrogen and oxygen atoms in total. The van der Waals surface area contributed by atoms with Gasteiger partial charge in [0, 0.05) is 11.6 Å². The lowest BCUT2D eigenvalue weighted by Crippen LogP contribution is -2.45. The van der Waals surface area contributed by atoms with Gasteiger partial charge in [-0.15, -0.1) is 0 Å². The van der Waals surface area contributed by atoms with E-state index in [-0.39, 0.29) is 23.9 Å². The summed E-state index contributed by atoms with van der Waals surface area (Å²) in [4.78, 5) is 23.2.